The maximum Gasteiger partial charge on any atom is 0.408 e. The molecular weight excluding hydrogens is 578 g/mol. The number of carbonyl (C=O) groups excluding carboxylic acids is 3. The van der Waals surface area contributed by atoms with E-state index in [1.54, 1.807) is 32.9 Å². The van der Waals surface area contributed by atoms with Gasteiger partial charge in [-0.2, -0.15) is 0 Å². The molecule has 0 saturated carbocycles. The van der Waals surface area contributed by atoms with Crippen LogP contribution in [0.1, 0.15) is 70.5 Å². The number of aromatic hydroxyl groups is 1. The van der Waals surface area contributed by atoms with Crippen LogP contribution in [0.2, 0.25) is 0 Å². The molecule has 4 aromatic rings. The van der Waals surface area contributed by atoms with Crippen molar-refractivity contribution in [3.8, 4) is 5.75 Å². The van der Waals surface area contributed by atoms with E-state index >= 15 is 0 Å². The van der Waals surface area contributed by atoms with Crippen LogP contribution in [0.25, 0.3) is 10.8 Å². The second-order valence-corrected chi connectivity index (χ2v) is 12.5. The zero-order valence-electron chi connectivity index (χ0n) is 27.2. The molecule has 4 aromatic carbocycles. The van der Waals surface area contributed by atoms with Crippen molar-refractivity contribution in [3.05, 3.63) is 108 Å². The van der Waals surface area contributed by atoms with E-state index in [4.69, 9.17) is 4.74 Å². The number of carbonyl (C=O) groups is 3. The van der Waals surface area contributed by atoms with Crippen LogP contribution < -0.4 is 10.6 Å². The summed E-state index contributed by atoms with van der Waals surface area (Å²) in [5, 5.41) is 18.3. The molecule has 0 spiro atoms. The third-order valence-corrected chi connectivity index (χ3v) is 7.57. The molecule has 0 aliphatic rings. The molecule has 0 heterocycles. The molecule has 0 bridgehead atoms. The molecule has 3 amide bonds. The van der Waals surface area contributed by atoms with Crippen LogP contribution in [0.5, 0.6) is 5.75 Å². The van der Waals surface area contributed by atoms with Gasteiger partial charge in [0.2, 0.25) is 5.91 Å². The van der Waals surface area contributed by atoms with Gasteiger partial charge in [-0.3, -0.25) is 9.59 Å². The quantitative estimate of drug-likeness (QED) is 0.132. The van der Waals surface area contributed by atoms with Gasteiger partial charge in [-0.05, 0) is 73.4 Å². The molecule has 0 aliphatic carbocycles. The van der Waals surface area contributed by atoms with E-state index in [0.717, 1.165) is 35.6 Å². The first kappa shape index (κ1) is 34.0. The number of phenols is 1. The van der Waals surface area contributed by atoms with Crippen molar-refractivity contribution < 1.29 is 24.2 Å². The molecule has 8 heteroatoms. The highest BCUT2D eigenvalue weighted by Crippen LogP contribution is 2.29. The Balaban J connectivity index is 1.74. The molecule has 0 radical (unpaired) electrons. The van der Waals surface area contributed by atoms with Crippen molar-refractivity contribution >= 4 is 34.4 Å². The first-order chi connectivity index (χ1) is 22.0. The summed E-state index contributed by atoms with van der Waals surface area (Å²) in [6, 6.07) is 27.2. The van der Waals surface area contributed by atoms with Crippen molar-refractivity contribution in [3.63, 3.8) is 0 Å². The van der Waals surface area contributed by atoms with Gasteiger partial charge in [0.25, 0.3) is 5.91 Å². The predicted molar refractivity (Wildman–Crippen MR) is 183 cm³/mol. The van der Waals surface area contributed by atoms with Gasteiger partial charge in [-0.1, -0.05) is 99.0 Å². The second kappa shape index (κ2) is 15.9. The van der Waals surface area contributed by atoms with Crippen LogP contribution in [0.15, 0.2) is 97.1 Å². The summed E-state index contributed by atoms with van der Waals surface area (Å²) in [5.74, 6) is -0.874. The number of ether oxygens (including phenoxy) is 1. The van der Waals surface area contributed by atoms with Crippen molar-refractivity contribution in [1.29, 1.82) is 0 Å². The van der Waals surface area contributed by atoms with Gasteiger partial charge in [0.15, 0.2) is 0 Å². The Morgan fingerprint density at radius 3 is 2.24 bits per heavy atom. The number of anilines is 1. The highest BCUT2D eigenvalue weighted by molar-refractivity contribution is 6.00. The fourth-order valence-electron chi connectivity index (χ4n) is 5.42. The number of benzene rings is 4. The van der Waals surface area contributed by atoms with Crippen molar-refractivity contribution in [2.45, 2.75) is 77.5 Å². The Morgan fingerprint density at radius 2 is 1.54 bits per heavy atom. The van der Waals surface area contributed by atoms with Gasteiger partial charge < -0.3 is 25.4 Å². The first-order valence-electron chi connectivity index (χ1n) is 16.0. The Hall–Kier alpha value is -4.85. The largest absolute Gasteiger partial charge is 0.508 e. The van der Waals surface area contributed by atoms with E-state index in [0.29, 0.717) is 17.7 Å². The zero-order chi connectivity index (χ0) is 33.1. The molecule has 0 aliphatic heterocycles. The monoisotopic (exact) mass is 623 g/mol. The third kappa shape index (κ3) is 9.83. The van der Waals surface area contributed by atoms with Crippen LogP contribution in [-0.2, 0) is 20.7 Å². The lowest BCUT2D eigenvalue weighted by Gasteiger charge is -2.34. The number of hydrogen-bond donors (Lipinski definition) is 3. The average molecular weight is 624 g/mol. The van der Waals surface area contributed by atoms with Crippen LogP contribution in [0, 0.1) is 0 Å². The minimum Gasteiger partial charge on any atom is -0.508 e. The number of phenolic OH excluding ortho intramolecular Hbond substituents is 1. The number of nitrogens with one attached hydrogen (secondary N) is 2. The maximum atomic E-state index is 14.7. The van der Waals surface area contributed by atoms with E-state index in [2.05, 4.69) is 17.6 Å². The Morgan fingerprint density at radius 1 is 0.826 bits per heavy atom. The average Bonchev–Trinajstić information content (AvgIpc) is 3.01. The fourth-order valence-corrected chi connectivity index (χ4v) is 5.42. The van der Waals surface area contributed by atoms with Crippen LogP contribution in [-0.4, -0.2) is 46.1 Å². The zero-order valence-corrected chi connectivity index (χ0v) is 27.2. The lowest BCUT2D eigenvalue weighted by molar-refractivity contribution is -0.140. The SMILES string of the molecule is CCCCCCN(C(=O)C(Cc1ccccc1)NC(=O)OC(C)(C)C)C(C(=O)Nc1ccc2ccccc2c1)c1cccc(O)c1. The third-order valence-electron chi connectivity index (χ3n) is 7.57. The van der Waals surface area contributed by atoms with E-state index in [1.165, 1.54) is 17.0 Å². The van der Waals surface area contributed by atoms with Gasteiger partial charge in [-0.15, -0.1) is 0 Å². The van der Waals surface area contributed by atoms with Crippen molar-refractivity contribution in [2.24, 2.45) is 0 Å². The van der Waals surface area contributed by atoms with E-state index in [-0.39, 0.29) is 18.7 Å². The molecule has 4 rings (SSSR count). The lowest BCUT2D eigenvalue weighted by Crippen LogP contribution is -2.53. The standard InChI is InChI=1S/C38H45N3O5/c1-5-6-7-13-23-41(36(44)33(24-27-15-9-8-10-16-27)40-37(45)46-38(2,3)4)34(30-19-14-20-32(42)26-30)35(43)39-31-22-21-28-17-11-12-18-29(28)25-31/h8-12,14-22,25-26,33-34,42H,5-7,13,23-24H2,1-4H3,(H,39,43)(H,40,45). The number of alkyl carbamates (subject to hydrolysis) is 1. The van der Waals surface area contributed by atoms with Gasteiger partial charge in [0.1, 0.15) is 23.4 Å². The number of amides is 3. The van der Waals surface area contributed by atoms with Gasteiger partial charge in [0, 0.05) is 18.7 Å². The Kier molecular flexibility index (Phi) is 11.8. The van der Waals surface area contributed by atoms with Gasteiger partial charge >= 0.3 is 6.09 Å². The molecule has 3 N–H and O–H groups in total. The number of nitrogens with zero attached hydrogens (tertiary/aromatic N) is 1. The highest BCUT2D eigenvalue weighted by Gasteiger charge is 2.36. The summed E-state index contributed by atoms with van der Waals surface area (Å²) in [6.45, 7) is 7.66. The molecule has 0 fully saturated rings. The van der Waals surface area contributed by atoms with Crippen molar-refractivity contribution in [2.75, 3.05) is 11.9 Å². The molecule has 0 saturated heterocycles. The minimum atomic E-state index is -1.09. The molecule has 2 atom stereocenters. The topological polar surface area (TPSA) is 108 Å². The second-order valence-electron chi connectivity index (χ2n) is 12.5. The molecule has 242 valence electrons. The van der Waals surface area contributed by atoms with E-state index < -0.39 is 35.6 Å². The Labute approximate surface area is 271 Å². The molecular formula is C38H45N3O5. The number of unbranched alkanes of at least 4 members (excludes halogenated alkanes) is 3. The smallest absolute Gasteiger partial charge is 0.408 e. The number of hydrogen-bond acceptors (Lipinski definition) is 5. The predicted octanol–water partition coefficient (Wildman–Crippen LogP) is 7.77. The normalized spacial score (nSPS) is 12.6. The van der Waals surface area contributed by atoms with E-state index in [1.807, 2.05) is 72.8 Å². The van der Waals surface area contributed by atoms with Gasteiger partial charge in [0.05, 0.1) is 0 Å². The summed E-state index contributed by atoms with van der Waals surface area (Å²) in [4.78, 5) is 43.5. The van der Waals surface area contributed by atoms with Crippen molar-refractivity contribution in [1.82, 2.24) is 10.2 Å². The van der Waals surface area contributed by atoms with Gasteiger partial charge in [-0.25, -0.2) is 4.79 Å². The highest BCUT2D eigenvalue weighted by atomic mass is 16.6. The summed E-state index contributed by atoms with van der Waals surface area (Å²) >= 11 is 0. The fraction of sp³-hybridized carbons (Fsp3) is 0.342. The molecule has 2 unspecified atom stereocenters. The lowest BCUT2D eigenvalue weighted by atomic mass is 9.99. The maximum absolute atomic E-state index is 14.7. The summed E-state index contributed by atoms with van der Waals surface area (Å²) in [6.07, 6.45) is 2.98. The van der Waals surface area contributed by atoms with Crippen LogP contribution in [0.3, 0.4) is 0 Å². The molecule has 8 nitrogen and oxygen atoms in total. The Bertz CT molecular complexity index is 1620. The minimum absolute atomic E-state index is 0.0212. The first-order valence-corrected chi connectivity index (χ1v) is 16.0. The van der Waals surface area contributed by atoms with E-state index in [9.17, 15) is 19.5 Å². The number of rotatable bonds is 13. The molecule has 0 aromatic heterocycles. The summed E-state index contributed by atoms with van der Waals surface area (Å²) in [5.41, 5.74) is 1.11. The number of fused-ring (bicyclic) bond motifs is 1. The van der Waals surface area contributed by atoms with Crippen LogP contribution in [0.4, 0.5) is 10.5 Å². The summed E-state index contributed by atoms with van der Waals surface area (Å²) < 4.78 is 5.54. The molecule has 46 heavy (non-hydrogen) atoms. The van der Waals surface area contributed by atoms with Crippen LogP contribution >= 0.6 is 0 Å². The summed E-state index contributed by atoms with van der Waals surface area (Å²) in [7, 11) is 0.